The van der Waals surface area contributed by atoms with Crippen molar-refractivity contribution in [2.45, 2.75) is 27.7 Å². The van der Waals surface area contributed by atoms with Gasteiger partial charge in [0.05, 0.1) is 0 Å². The first kappa shape index (κ1) is 17.9. The molecule has 0 aromatic heterocycles. The number of nitrogens with one attached hydrogen (secondary N) is 1. The average Bonchev–Trinajstić information content (AvgIpc) is 2.32. The number of benzene rings is 1. The monoisotopic (exact) mass is 307 g/mol. The zero-order valence-electron chi connectivity index (χ0n) is 14.2. The Labute approximate surface area is 135 Å². The first-order valence-corrected chi connectivity index (χ1v) is 7.97. The minimum atomic E-state index is 0.589. The van der Waals surface area contributed by atoms with E-state index in [9.17, 15) is 0 Å². The van der Waals surface area contributed by atoms with Gasteiger partial charge in [-0.05, 0) is 69.3 Å². The van der Waals surface area contributed by atoms with Gasteiger partial charge in [0.15, 0.2) is 5.11 Å². The highest BCUT2D eigenvalue weighted by Gasteiger charge is 2.12. The minimum Gasteiger partial charge on any atom is -0.347 e. The first-order chi connectivity index (χ1) is 9.77. The first-order valence-electron chi connectivity index (χ1n) is 7.57. The van der Waals surface area contributed by atoms with Crippen molar-refractivity contribution in [3.8, 4) is 0 Å². The number of hydrogen-bond acceptors (Lipinski definition) is 2. The van der Waals surface area contributed by atoms with E-state index in [0.29, 0.717) is 5.92 Å². The molecule has 1 aromatic carbocycles. The topological polar surface area (TPSA) is 18.5 Å². The fourth-order valence-electron chi connectivity index (χ4n) is 2.29. The second-order valence-corrected chi connectivity index (χ2v) is 6.84. The number of nitrogens with zero attached hydrogens (tertiary/aromatic N) is 2. The summed E-state index contributed by atoms with van der Waals surface area (Å²) in [5.41, 5.74) is 3.59. The molecule has 0 aliphatic heterocycles. The summed E-state index contributed by atoms with van der Waals surface area (Å²) >= 11 is 5.61. The third-order valence-corrected chi connectivity index (χ3v) is 3.52. The fraction of sp³-hybridized carbons (Fsp3) is 0.588. The second kappa shape index (κ2) is 8.35. The van der Waals surface area contributed by atoms with Crippen LogP contribution in [0.2, 0.25) is 0 Å². The quantitative estimate of drug-likeness (QED) is 0.810. The molecule has 21 heavy (non-hydrogen) atoms. The number of thiocarbonyl (C=S) groups is 1. The lowest BCUT2D eigenvalue weighted by molar-refractivity contribution is 0.310. The van der Waals surface area contributed by atoms with Gasteiger partial charge in [-0.1, -0.05) is 19.9 Å². The van der Waals surface area contributed by atoms with Crippen LogP contribution in [0.15, 0.2) is 18.2 Å². The molecule has 0 spiro atoms. The number of likely N-dealkylation sites (N-methyl/N-ethyl adjacent to an activating group) is 1. The van der Waals surface area contributed by atoms with Crippen LogP contribution in [0.5, 0.6) is 0 Å². The van der Waals surface area contributed by atoms with Crippen molar-refractivity contribution in [2.24, 2.45) is 5.92 Å². The lowest BCUT2D eigenvalue weighted by atomic mass is 10.1. The van der Waals surface area contributed by atoms with Gasteiger partial charge in [0.2, 0.25) is 0 Å². The lowest BCUT2D eigenvalue weighted by Crippen LogP contribution is -2.41. The van der Waals surface area contributed by atoms with E-state index in [1.54, 1.807) is 0 Å². The van der Waals surface area contributed by atoms with Crippen molar-refractivity contribution in [1.29, 1.82) is 0 Å². The highest BCUT2D eigenvalue weighted by Crippen LogP contribution is 2.15. The van der Waals surface area contributed by atoms with Crippen LogP contribution in [-0.4, -0.2) is 48.6 Å². The average molecular weight is 308 g/mol. The smallest absolute Gasteiger partial charge is 0.173 e. The second-order valence-electron chi connectivity index (χ2n) is 6.45. The summed E-state index contributed by atoms with van der Waals surface area (Å²) in [6, 6.07) is 6.45. The molecule has 4 heteroatoms. The Morgan fingerprint density at radius 3 is 2.14 bits per heavy atom. The molecule has 0 aliphatic rings. The molecule has 1 rings (SSSR count). The van der Waals surface area contributed by atoms with E-state index < -0.39 is 0 Å². The van der Waals surface area contributed by atoms with Gasteiger partial charge in [-0.25, -0.2) is 0 Å². The van der Waals surface area contributed by atoms with Crippen LogP contribution in [0.4, 0.5) is 5.69 Å². The third-order valence-electron chi connectivity index (χ3n) is 3.16. The number of rotatable bonds is 6. The largest absolute Gasteiger partial charge is 0.347 e. The van der Waals surface area contributed by atoms with Gasteiger partial charge in [-0.3, -0.25) is 0 Å². The molecule has 0 amide bonds. The summed E-state index contributed by atoms with van der Waals surface area (Å²) in [4.78, 5) is 4.45. The third kappa shape index (κ3) is 6.91. The molecule has 118 valence electrons. The Morgan fingerprint density at radius 2 is 1.67 bits per heavy atom. The van der Waals surface area contributed by atoms with Crippen molar-refractivity contribution >= 4 is 23.0 Å². The van der Waals surface area contributed by atoms with E-state index in [4.69, 9.17) is 12.2 Å². The molecular formula is C17H29N3S. The summed E-state index contributed by atoms with van der Waals surface area (Å²) in [5, 5.41) is 4.21. The normalized spacial score (nSPS) is 11.0. The Hall–Kier alpha value is -1.13. The van der Waals surface area contributed by atoms with Crippen LogP contribution in [-0.2, 0) is 0 Å². The maximum Gasteiger partial charge on any atom is 0.173 e. The van der Waals surface area contributed by atoms with Gasteiger partial charge >= 0.3 is 0 Å². The molecule has 0 unspecified atom stereocenters. The highest BCUT2D eigenvalue weighted by molar-refractivity contribution is 7.80. The molecule has 0 saturated carbocycles. The predicted molar refractivity (Wildman–Crippen MR) is 97.1 cm³/mol. The maximum atomic E-state index is 5.61. The van der Waals surface area contributed by atoms with Crippen LogP contribution in [0.25, 0.3) is 0 Å². The number of anilines is 1. The van der Waals surface area contributed by atoms with Gasteiger partial charge in [0, 0.05) is 25.3 Å². The van der Waals surface area contributed by atoms with Crippen molar-refractivity contribution in [1.82, 2.24) is 9.80 Å². The Bertz CT molecular complexity index is 449. The summed E-state index contributed by atoms with van der Waals surface area (Å²) in [6.45, 7) is 11.6. The number of aryl methyl sites for hydroxylation is 2. The van der Waals surface area contributed by atoms with Gasteiger partial charge in [0.25, 0.3) is 0 Å². The predicted octanol–water partition coefficient (Wildman–Crippen LogP) is 3.52. The van der Waals surface area contributed by atoms with Crippen LogP contribution in [0.1, 0.15) is 25.0 Å². The van der Waals surface area contributed by atoms with Crippen molar-refractivity contribution in [3.05, 3.63) is 29.3 Å². The zero-order valence-corrected chi connectivity index (χ0v) is 15.0. The maximum absolute atomic E-state index is 5.61. The van der Waals surface area contributed by atoms with E-state index in [0.717, 1.165) is 30.4 Å². The fourth-order valence-corrected chi connectivity index (χ4v) is 2.57. The molecule has 0 atom stereocenters. The molecular weight excluding hydrogens is 278 g/mol. The molecule has 0 bridgehead atoms. The molecule has 3 nitrogen and oxygen atoms in total. The highest BCUT2D eigenvalue weighted by atomic mass is 32.1. The van der Waals surface area contributed by atoms with Gasteiger partial charge in [-0.2, -0.15) is 0 Å². The van der Waals surface area contributed by atoms with Crippen LogP contribution in [0.3, 0.4) is 0 Å². The molecule has 0 radical (unpaired) electrons. The minimum absolute atomic E-state index is 0.589. The molecule has 0 aliphatic carbocycles. The van der Waals surface area contributed by atoms with Crippen molar-refractivity contribution in [2.75, 3.05) is 39.0 Å². The van der Waals surface area contributed by atoms with E-state index in [1.807, 2.05) is 0 Å². The molecule has 0 heterocycles. The Morgan fingerprint density at radius 1 is 1.10 bits per heavy atom. The van der Waals surface area contributed by atoms with Crippen LogP contribution < -0.4 is 5.32 Å². The van der Waals surface area contributed by atoms with Crippen molar-refractivity contribution < 1.29 is 0 Å². The summed E-state index contributed by atoms with van der Waals surface area (Å²) in [5.74, 6) is 0.589. The van der Waals surface area contributed by atoms with Crippen molar-refractivity contribution in [3.63, 3.8) is 0 Å². The van der Waals surface area contributed by atoms with Gasteiger partial charge in [-0.15, -0.1) is 0 Å². The van der Waals surface area contributed by atoms with E-state index in [-0.39, 0.29) is 0 Å². The Kier molecular flexibility index (Phi) is 7.12. The Balaban J connectivity index is 2.74. The van der Waals surface area contributed by atoms with Gasteiger partial charge < -0.3 is 15.1 Å². The van der Waals surface area contributed by atoms with E-state index in [2.05, 4.69) is 75.1 Å². The molecule has 1 aromatic rings. The summed E-state index contributed by atoms with van der Waals surface area (Å²) in [7, 11) is 4.18. The zero-order chi connectivity index (χ0) is 16.0. The summed E-state index contributed by atoms with van der Waals surface area (Å²) < 4.78 is 0. The van der Waals surface area contributed by atoms with E-state index in [1.165, 1.54) is 11.1 Å². The van der Waals surface area contributed by atoms with Gasteiger partial charge in [0.1, 0.15) is 0 Å². The van der Waals surface area contributed by atoms with Crippen LogP contribution >= 0.6 is 12.2 Å². The molecule has 0 saturated heterocycles. The molecule has 1 N–H and O–H groups in total. The molecule has 0 fully saturated rings. The lowest BCUT2D eigenvalue weighted by Gasteiger charge is -2.29. The van der Waals surface area contributed by atoms with Crippen LogP contribution in [0, 0.1) is 19.8 Å². The number of hydrogen-bond donors (Lipinski definition) is 1. The van der Waals surface area contributed by atoms with E-state index >= 15 is 0 Å². The summed E-state index contributed by atoms with van der Waals surface area (Å²) in [6.07, 6.45) is 0. The standard InChI is InChI=1S/C17H29N3S/c1-13(2)12-20(8-7-19(5)6)17(21)18-16-10-14(3)9-15(4)11-16/h9-11,13H,7-8,12H2,1-6H3,(H,18,21). The SMILES string of the molecule is Cc1cc(C)cc(NC(=S)N(CCN(C)C)CC(C)C)c1.